The molecule has 0 aliphatic carbocycles. The van der Waals surface area contributed by atoms with Crippen LogP contribution in [0.5, 0.6) is 0 Å². The van der Waals surface area contributed by atoms with Crippen LogP contribution in [-0.4, -0.2) is 13.7 Å². The Morgan fingerprint density at radius 2 is 1.59 bits per heavy atom. The summed E-state index contributed by atoms with van der Waals surface area (Å²) in [6, 6.07) is 13.1. The second kappa shape index (κ2) is 8.01. The molecule has 1 aromatic carbocycles. The quantitative estimate of drug-likeness (QED) is 0.692. The minimum Gasteiger partial charge on any atom is -0.311 e. The first kappa shape index (κ1) is 18.6. The van der Waals surface area contributed by atoms with Gasteiger partial charge in [-0.05, 0) is 17.2 Å². The monoisotopic (exact) mass is 366 g/mol. The van der Waals surface area contributed by atoms with Gasteiger partial charge in [0.2, 0.25) is 0 Å². The molecular weight excluding hydrogens is 344 g/mol. The lowest BCUT2D eigenvalue weighted by Crippen LogP contribution is -2.39. The fraction of sp³-hybridized carbons (Fsp3) is 0.250. The molecule has 0 spiro atoms. The SMILES string of the molecule is Cn1cc(CNCc2ccc(Cn3ccccc3=O)cc2)c(=O)n(C)c1=O. The van der Waals surface area contributed by atoms with Crippen molar-refractivity contribution < 1.29 is 0 Å². The molecular formula is C20H22N4O3. The Balaban J connectivity index is 1.61. The lowest BCUT2D eigenvalue weighted by atomic mass is 10.1. The molecule has 7 heteroatoms. The third kappa shape index (κ3) is 4.32. The number of pyridine rings is 1. The van der Waals surface area contributed by atoms with E-state index in [1.165, 1.54) is 11.6 Å². The van der Waals surface area contributed by atoms with Gasteiger partial charge in [-0.15, -0.1) is 0 Å². The van der Waals surface area contributed by atoms with Gasteiger partial charge in [0.05, 0.1) is 6.54 Å². The normalized spacial score (nSPS) is 10.9. The lowest BCUT2D eigenvalue weighted by molar-refractivity contribution is 0.630. The second-order valence-electron chi connectivity index (χ2n) is 6.50. The van der Waals surface area contributed by atoms with Gasteiger partial charge < -0.3 is 14.5 Å². The molecule has 0 amide bonds. The van der Waals surface area contributed by atoms with Crippen LogP contribution in [-0.2, 0) is 33.7 Å². The Kier molecular flexibility index (Phi) is 5.52. The molecule has 27 heavy (non-hydrogen) atoms. The molecule has 0 bridgehead atoms. The number of hydrogen-bond donors (Lipinski definition) is 1. The van der Waals surface area contributed by atoms with Crippen molar-refractivity contribution in [1.29, 1.82) is 0 Å². The van der Waals surface area contributed by atoms with Crippen LogP contribution < -0.4 is 22.1 Å². The van der Waals surface area contributed by atoms with Crippen LogP contribution in [0.15, 0.2) is 69.2 Å². The van der Waals surface area contributed by atoms with Gasteiger partial charge in [-0.25, -0.2) is 4.79 Å². The average Bonchev–Trinajstić information content (AvgIpc) is 2.67. The molecule has 0 saturated carbocycles. The van der Waals surface area contributed by atoms with Gasteiger partial charge in [-0.3, -0.25) is 14.2 Å². The summed E-state index contributed by atoms with van der Waals surface area (Å²) >= 11 is 0. The first-order valence-corrected chi connectivity index (χ1v) is 8.65. The molecule has 3 rings (SSSR count). The highest BCUT2D eigenvalue weighted by Crippen LogP contribution is 2.06. The number of rotatable bonds is 6. The largest absolute Gasteiger partial charge is 0.330 e. The Morgan fingerprint density at radius 3 is 2.30 bits per heavy atom. The Bertz CT molecular complexity index is 1110. The molecule has 0 fully saturated rings. The first-order chi connectivity index (χ1) is 13.0. The third-order valence-electron chi connectivity index (χ3n) is 4.44. The van der Waals surface area contributed by atoms with Gasteiger partial charge in [0.1, 0.15) is 0 Å². The van der Waals surface area contributed by atoms with E-state index >= 15 is 0 Å². The van der Waals surface area contributed by atoms with Crippen molar-refractivity contribution >= 4 is 0 Å². The maximum Gasteiger partial charge on any atom is 0.330 e. The maximum atomic E-state index is 12.1. The van der Waals surface area contributed by atoms with Gasteiger partial charge in [0.25, 0.3) is 11.1 Å². The number of aromatic nitrogens is 3. The molecule has 7 nitrogen and oxygen atoms in total. The van der Waals surface area contributed by atoms with E-state index in [4.69, 9.17) is 0 Å². The second-order valence-corrected chi connectivity index (χ2v) is 6.50. The van der Waals surface area contributed by atoms with Crippen LogP contribution in [0, 0.1) is 0 Å². The van der Waals surface area contributed by atoms with Crippen LogP contribution in [0.25, 0.3) is 0 Å². The van der Waals surface area contributed by atoms with Gasteiger partial charge in [0, 0.05) is 51.2 Å². The molecule has 2 aromatic heterocycles. The van der Waals surface area contributed by atoms with E-state index in [0.717, 1.165) is 15.7 Å². The predicted octanol–water partition coefficient (Wildman–Crippen LogP) is 0.584. The standard InChI is InChI=1S/C20H22N4O3/c1-22-14-17(19(26)23(2)20(22)27)12-21-11-15-6-8-16(9-7-15)13-24-10-4-3-5-18(24)25/h3-10,14,21H,11-13H2,1-2H3. The molecule has 3 aromatic rings. The van der Waals surface area contributed by atoms with E-state index in [1.54, 1.807) is 36.1 Å². The Labute approximate surface area is 156 Å². The zero-order chi connectivity index (χ0) is 19.4. The molecule has 0 aliphatic heterocycles. The predicted molar refractivity (Wildman–Crippen MR) is 104 cm³/mol. The van der Waals surface area contributed by atoms with Gasteiger partial charge in [0.15, 0.2) is 0 Å². The summed E-state index contributed by atoms with van der Waals surface area (Å²) in [7, 11) is 3.10. The van der Waals surface area contributed by atoms with E-state index in [-0.39, 0.29) is 16.8 Å². The minimum absolute atomic E-state index is 0.0258. The summed E-state index contributed by atoms with van der Waals surface area (Å²) in [4.78, 5) is 35.6. The summed E-state index contributed by atoms with van der Waals surface area (Å²) in [6.07, 6.45) is 3.34. The number of nitrogens with one attached hydrogen (secondary N) is 1. The van der Waals surface area contributed by atoms with Crippen molar-refractivity contribution in [1.82, 2.24) is 19.0 Å². The van der Waals surface area contributed by atoms with Crippen LogP contribution >= 0.6 is 0 Å². The van der Waals surface area contributed by atoms with Crippen LogP contribution in [0.1, 0.15) is 16.7 Å². The fourth-order valence-corrected chi connectivity index (χ4v) is 2.90. The van der Waals surface area contributed by atoms with Crippen molar-refractivity contribution in [2.45, 2.75) is 19.6 Å². The van der Waals surface area contributed by atoms with Crippen molar-refractivity contribution in [2.75, 3.05) is 0 Å². The van der Waals surface area contributed by atoms with Crippen molar-refractivity contribution in [3.05, 3.63) is 103 Å². The average molecular weight is 366 g/mol. The number of benzene rings is 1. The Morgan fingerprint density at radius 1 is 0.889 bits per heavy atom. The third-order valence-corrected chi connectivity index (χ3v) is 4.44. The molecule has 0 atom stereocenters. The zero-order valence-electron chi connectivity index (χ0n) is 15.4. The highest BCUT2D eigenvalue weighted by atomic mass is 16.2. The highest BCUT2D eigenvalue weighted by Gasteiger charge is 2.06. The maximum absolute atomic E-state index is 12.1. The van der Waals surface area contributed by atoms with E-state index in [9.17, 15) is 14.4 Å². The Hall–Kier alpha value is -3.19. The topological polar surface area (TPSA) is 78.0 Å². The lowest BCUT2D eigenvalue weighted by Gasteiger charge is -2.09. The summed E-state index contributed by atoms with van der Waals surface area (Å²) in [5.41, 5.74) is 2.01. The zero-order valence-corrected chi connectivity index (χ0v) is 15.4. The van der Waals surface area contributed by atoms with E-state index in [2.05, 4.69) is 5.32 Å². The van der Waals surface area contributed by atoms with Gasteiger partial charge in [-0.2, -0.15) is 0 Å². The molecule has 0 aliphatic rings. The van der Waals surface area contributed by atoms with Crippen LogP contribution in [0.2, 0.25) is 0 Å². The van der Waals surface area contributed by atoms with Crippen LogP contribution in [0.4, 0.5) is 0 Å². The number of aryl methyl sites for hydroxylation is 1. The molecule has 140 valence electrons. The van der Waals surface area contributed by atoms with Crippen molar-refractivity contribution in [3.63, 3.8) is 0 Å². The molecule has 0 unspecified atom stereocenters. The molecule has 1 N–H and O–H groups in total. The molecule has 0 saturated heterocycles. The number of nitrogens with zero attached hydrogens (tertiary/aromatic N) is 3. The van der Waals surface area contributed by atoms with Crippen molar-refractivity contribution in [2.24, 2.45) is 14.1 Å². The minimum atomic E-state index is -0.336. The first-order valence-electron chi connectivity index (χ1n) is 8.65. The molecule has 2 heterocycles. The van der Waals surface area contributed by atoms with Crippen molar-refractivity contribution in [3.8, 4) is 0 Å². The summed E-state index contributed by atoms with van der Waals surface area (Å²) in [6.45, 7) is 1.50. The number of hydrogen-bond acceptors (Lipinski definition) is 4. The van der Waals surface area contributed by atoms with Gasteiger partial charge >= 0.3 is 5.69 Å². The van der Waals surface area contributed by atoms with Crippen LogP contribution in [0.3, 0.4) is 0 Å². The summed E-state index contributed by atoms with van der Waals surface area (Å²) in [5.74, 6) is 0. The summed E-state index contributed by atoms with van der Waals surface area (Å²) < 4.78 is 4.17. The molecule has 0 radical (unpaired) electrons. The van der Waals surface area contributed by atoms with E-state index < -0.39 is 0 Å². The van der Waals surface area contributed by atoms with E-state index in [1.807, 2.05) is 30.3 Å². The smallest absolute Gasteiger partial charge is 0.311 e. The highest BCUT2D eigenvalue weighted by molar-refractivity contribution is 5.23. The van der Waals surface area contributed by atoms with E-state index in [0.29, 0.717) is 25.2 Å². The summed E-state index contributed by atoms with van der Waals surface area (Å²) in [5, 5.41) is 3.23. The fourth-order valence-electron chi connectivity index (χ4n) is 2.90. The van der Waals surface area contributed by atoms with Gasteiger partial charge in [-0.1, -0.05) is 30.3 Å².